The summed E-state index contributed by atoms with van der Waals surface area (Å²) in [6, 6.07) is 1.33. The topological polar surface area (TPSA) is 81.2 Å². The zero-order valence-electron chi connectivity index (χ0n) is 9.88. The number of aromatic nitrogens is 2. The normalized spacial score (nSPS) is 22.9. The van der Waals surface area contributed by atoms with Crippen molar-refractivity contribution in [1.82, 2.24) is 14.7 Å². The molecule has 2 rings (SSSR count). The molecule has 0 aromatic carbocycles. The van der Waals surface area contributed by atoms with Crippen molar-refractivity contribution < 1.29 is 9.59 Å². The van der Waals surface area contributed by atoms with Gasteiger partial charge in [-0.3, -0.25) is 4.79 Å². The maximum absolute atomic E-state index is 11.2. The van der Waals surface area contributed by atoms with Crippen molar-refractivity contribution in [2.45, 2.75) is 31.7 Å². The SMILES string of the molecule is CC(=O)N(C)[C@H]1C[C@@H](c2c[c]nn2C(N)=O)C1. The molecule has 91 valence electrons. The fraction of sp³-hybridized carbons (Fsp3) is 0.545. The molecule has 6 nitrogen and oxygen atoms in total. The van der Waals surface area contributed by atoms with Gasteiger partial charge in [0, 0.05) is 25.9 Å². The molecule has 1 aromatic heterocycles. The summed E-state index contributed by atoms with van der Waals surface area (Å²) in [5.41, 5.74) is 5.98. The summed E-state index contributed by atoms with van der Waals surface area (Å²) < 4.78 is 1.18. The van der Waals surface area contributed by atoms with Gasteiger partial charge in [-0.1, -0.05) is 0 Å². The molecule has 17 heavy (non-hydrogen) atoms. The highest BCUT2D eigenvalue weighted by molar-refractivity contribution is 5.75. The van der Waals surface area contributed by atoms with E-state index < -0.39 is 6.03 Å². The molecule has 0 aliphatic heterocycles. The first kappa shape index (κ1) is 11.6. The molecule has 2 N–H and O–H groups in total. The number of carbonyl (C=O) groups is 2. The van der Waals surface area contributed by atoms with Crippen molar-refractivity contribution in [2.75, 3.05) is 7.05 Å². The highest BCUT2D eigenvalue weighted by Gasteiger charge is 2.36. The van der Waals surface area contributed by atoms with Crippen LogP contribution in [0.15, 0.2) is 6.07 Å². The Morgan fingerprint density at radius 1 is 1.59 bits per heavy atom. The zero-order chi connectivity index (χ0) is 12.6. The number of nitrogens with zero attached hydrogens (tertiary/aromatic N) is 3. The smallest absolute Gasteiger partial charge is 0.339 e. The number of primary amides is 1. The fourth-order valence-electron chi connectivity index (χ4n) is 2.14. The van der Waals surface area contributed by atoms with Crippen LogP contribution in [0.3, 0.4) is 0 Å². The molecule has 1 aromatic rings. The third-order valence-electron chi connectivity index (χ3n) is 3.40. The Kier molecular flexibility index (Phi) is 2.87. The first-order valence-electron chi connectivity index (χ1n) is 5.50. The minimum atomic E-state index is -0.593. The third-order valence-corrected chi connectivity index (χ3v) is 3.40. The molecule has 0 bridgehead atoms. The molecule has 1 fully saturated rings. The molecule has 1 heterocycles. The van der Waals surface area contributed by atoms with E-state index >= 15 is 0 Å². The lowest BCUT2D eigenvalue weighted by Crippen LogP contribution is -2.44. The molecule has 0 spiro atoms. The third kappa shape index (κ3) is 2.02. The van der Waals surface area contributed by atoms with Gasteiger partial charge >= 0.3 is 6.03 Å². The molecular formula is C11H15N4O2. The fourth-order valence-corrected chi connectivity index (χ4v) is 2.14. The van der Waals surface area contributed by atoms with Crippen LogP contribution in [-0.2, 0) is 4.79 Å². The van der Waals surface area contributed by atoms with E-state index in [1.54, 1.807) is 24.9 Å². The van der Waals surface area contributed by atoms with Crippen LogP contribution in [0, 0.1) is 6.20 Å². The Bertz CT molecular complexity index is 448. The molecule has 1 radical (unpaired) electrons. The standard InChI is InChI=1S/C11H15N4O2/c1-7(16)14(2)9-5-8(6-9)10-3-4-13-15(10)11(12)17/h3,8-9H,5-6H2,1-2H3,(H2,12,17)/t8-,9+. The highest BCUT2D eigenvalue weighted by atomic mass is 16.2. The lowest BCUT2D eigenvalue weighted by Gasteiger charge is -2.40. The van der Waals surface area contributed by atoms with E-state index in [0.717, 1.165) is 18.5 Å². The van der Waals surface area contributed by atoms with Gasteiger partial charge in [-0.15, -0.1) is 0 Å². The van der Waals surface area contributed by atoms with Gasteiger partial charge in [0.05, 0.1) is 5.69 Å². The Morgan fingerprint density at radius 2 is 2.24 bits per heavy atom. The monoisotopic (exact) mass is 235 g/mol. The predicted octanol–water partition coefficient (Wildman–Crippen LogP) is 0.334. The molecule has 1 aliphatic rings. The molecule has 6 heteroatoms. The lowest BCUT2D eigenvalue weighted by molar-refractivity contribution is -0.131. The summed E-state index contributed by atoms with van der Waals surface area (Å²) in [6.07, 6.45) is 4.30. The highest BCUT2D eigenvalue weighted by Crippen LogP contribution is 2.39. The van der Waals surface area contributed by atoms with E-state index in [4.69, 9.17) is 5.73 Å². The number of rotatable bonds is 2. The van der Waals surface area contributed by atoms with Crippen molar-refractivity contribution >= 4 is 11.9 Å². The minimum absolute atomic E-state index is 0.0587. The Balaban J connectivity index is 2.02. The average Bonchev–Trinajstić information content (AvgIpc) is 2.63. The summed E-state index contributed by atoms with van der Waals surface area (Å²) >= 11 is 0. The summed E-state index contributed by atoms with van der Waals surface area (Å²) in [5, 5.41) is 3.76. The molecule has 0 atom stereocenters. The molecule has 1 aliphatic carbocycles. The number of amides is 2. The van der Waals surface area contributed by atoms with Crippen LogP contribution in [0.25, 0.3) is 0 Å². The second-order valence-corrected chi connectivity index (χ2v) is 4.40. The predicted molar refractivity (Wildman–Crippen MR) is 60.3 cm³/mol. The van der Waals surface area contributed by atoms with Crippen LogP contribution in [0.2, 0.25) is 0 Å². The van der Waals surface area contributed by atoms with Gasteiger partial charge in [-0.2, -0.15) is 9.78 Å². The number of hydrogen-bond acceptors (Lipinski definition) is 3. The maximum atomic E-state index is 11.2. The summed E-state index contributed by atoms with van der Waals surface area (Å²) in [4.78, 5) is 24.0. The van der Waals surface area contributed by atoms with Gasteiger partial charge in [0.1, 0.15) is 6.20 Å². The van der Waals surface area contributed by atoms with Gasteiger partial charge < -0.3 is 10.6 Å². The second kappa shape index (κ2) is 4.20. The van der Waals surface area contributed by atoms with E-state index in [1.165, 1.54) is 4.68 Å². The quantitative estimate of drug-likeness (QED) is 0.802. The zero-order valence-corrected chi connectivity index (χ0v) is 9.88. The molecular weight excluding hydrogens is 220 g/mol. The van der Waals surface area contributed by atoms with E-state index in [2.05, 4.69) is 11.3 Å². The second-order valence-electron chi connectivity index (χ2n) is 4.40. The lowest BCUT2D eigenvalue weighted by atomic mass is 9.77. The van der Waals surface area contributed by atoms with E-state index in [0.29, 0.717) is 0 Å². The van der Waals surface area contributed by atoms with Crippen LogP contribution in [0.1, 0.15) is 31.4 Å². The number of nitrogens with two attached hydrogens (primary N) is 1. The van der Waals surface area contributed by atoms with Gasteiger partial charge in [0.2, 0.25) is 5.91 Å². The van der Waals surface area contributed by atoms with Crippen LogP contribution in [0.4, 0.5) is 4.79 Å². The molecule has 0 saturated heterocycles. The van der Waals surface area contributed by atoms with Gasteiger partial charge in [0.25, 0.3) is 0 Å². The summed E-state index contributed by atoms with van der Waals surface area (Å²) in [6.45, 7) is 1.55. The van der Waals surface area contributed by atoms with Gasteiger partial charge in [-0.25, -0.2) is 4.79 Å². The number of carbonyl (C=O) groups excluding carboxylic acids is 2. The average molecular weight is 235 g/mol. The van der Waals surface area contributed by atoms with Gasteiger partial charge in [-0.05, 0) is 18.9 Å². The molecule has 1 saturated carbocycles. The number of hydrogen-bond donors (Lipinski definition) is 1. The Morgan fingerprint density at radius 3 is 2.76 bits per heavy atom. The van der Waals surface area contributed by atoms with Crippen LogP contribution < -0.4 is 5.73 Å². The van der Waals surface area contributed by atoms with Crippen LogP contribution in [0.5, 0.6) is 0 Å². The van der Waals surface area contributed by atoms with E-state index in [-0.39, 0.29) is 17.9 Å². The molecule has 2 amide bonds. The Labute approximate surface area is 99.4 Å². The van der Waals surface area contributed by atoms with E-state index in [9.17, 15) is 9.59 Å². The Hall–Kier alpha value is -1.85. The first-order chi connectivity index (χ1) is 8.00. The van der Waals surface area contributed by atoms with E-state index in [1.807, 2.05) is 0 Å². The maximum Gasteiger partial charge on any atom is 0.339 e. The molecule has 0 unspecified atom stereocenters. The van der Waals surface area contributed by atoms with Crippen LogP contribution >= 0.6 is 0 Å². The van der Waals surface area contributed by atoms with Crippen molar-refractivity contribution in [1.29, 1.82) is 0 Å². The first-order valence-corrected chi connectivity index (χ1v) is 5.50. The van der Waals surface area contributed by atoms with Gasteiger partial charge in [0.15, 0.2) is 0 Å². The van der Waals surface area contributed by atoms with Crippen molar-refractivity contribution in [3.05, 3.63) is 18.0 Å². The summed E-state index contributed by atoms with van der Waals surface area (Å²) in [5.74, 6) is 0.288. The minimum Gasteiger partial charge on any atom is -0.350 e. The van der Waals surface area contributed by atoms with Crippen LogP contribution in [-0.4, -0.2) is 39.7 Å². The van der Waals surface area contributed by atoms with Crippen molar-refractivity contribution in [2.24, 2.45) is 5.73 Å². The van der Waals surface area contributed by atoms with Crippen molar-refractivity contribution in [3.63, 3.8) is 0 Å². The van der Waals surface area contributed by atoms with Crippen molar-refractivity contribution in [3.8, 4) is 0 Å². The summed E-state index contributed by atoms with van der Waals surface area (Å²) in [7, 11) is 1.79. The largest absolute Gasteiger partial charge is 0.350 e.